The first-order valence-corrected chi connectivity index (χ1v) is 6.42. The topological polar surface area (TPSA) is 110 Å². The van der Waals surface area contributed by atoms with Crippen molar-refractivity contribution in [1.29, 1.82) is 0 Å². The predicted octanol–water partition coefficient (Wildman–Crippen LogP) is 1.53. The van der Waals surface area contributed by atoms with E-state index in [1.165, 1.54) is 6.07 Å². The number of nitro benzene ring substituents is 1. The van der Waals surface area contributed by atoms with Gasteiger partial charge in [-0.3, -0.25) is 14.9 Å². The van der Waals surface area contributed by atoms with Crippen LogP contribution >= 0.6 is 12.4 Å². The Bertz CT molecular complexity index is 550. The Morgan fingerprint density at radius 2 is 2.24 bits per heavy atom. The minimum absolute atomic E-state index is 0. The summed E-state index contributed by atoms with van der Waals surface area (Å²) in [4.78, 5) is 23.8. The number of nitrogens with zero attached hydrogens (tertiary/aromatic N) is 2. The van der Waals surface area contributed by atoms with Crippen molar-refractivity contribution in [2.45, 2.75) is 19.4 Å². The summed E-state index contributed by atoms with van der Waals surface area (Å²) in [6.07, 6.45) is 0.850. The van der Waals surface area contributed by atoms with Gasteiger partial charge >= 0.3 is 5.69 Å². The Hall–Kier alpha value is -1.86. The van der Waals surface area contributed by atoms with Crippen LogP contribution in [0.2, 0.25) is 0 Å². The zero-order valence-corrected chi connectivity index (χ0v) is 12.4. The molecule has 21 heavy (non-hydrogen) atoms. The normalized spacial score (nSPS) is 19.0. The second-order valence-electron chi connectivity index (χ2n) is 5.12. The van der Waals surface area contributed by atoms with Gasteiger partial charge in [0.05, 0.1) is 4.92 Å². The van der Waals surface area contributed by atoms with Gasteiger partial charge in [0.25, 0.3) is 5.91 Å². The van der Waals surface area contributed by atoms with Crippen molar-refractivity contribution in [3.63, 3.8) is 0 Å². The Labute approximate surface area is 128 Å². The third-order valence-corrected chi connectivity index (χ3v) is 3.67. The van der Waals surface area contributed by atoms with Gasteiger partial charge in [-0.1, -0.05) is 0 Å². The van der Waals surface area contributed by atoms with Crippen LogP contribution in [0.5, 0.6) is 5.75 Å². The molecule has 1 heterocycles. The fourth-order valence-corrected chi connectivity index (χ4v) is 2.39. The molecular weight excluding hydrogens is 298 g/mol. The number of rotatable bonds is 3. The number of carbonyl (C=O) groups excluding carboxylic acids is 1. The zero-order valence-electron chi connectivity index (χ0n) is 11.6. The van der Waals surface area contributed by atoms with Gasteiger partial charge in [-0.05, 0) is 31.4 Å². The van der Waals surface area contributed by atoms with E-state index in [0.717, 1.165) is 18.6 Å². The number of hydrogen-bond acceptors (Lipinski definition) is 5. The average molecular weight is 316 g/mol. The van der Waals surface area contributed by atoms with Crippen molar-refractivity contribution in [2.24, 2.45) is 11.7 Å². The lowest BCUT2D eigenvalue weighted by Gasteiger charge is -2.18. The fraction of sp³-hybridized carbons (Fsp3) is 0.462. The first-order chi connectivity index (χ1) is 9.40. The number of phenolic OH excluding ortho intramolecular Hbond substituents is 1. The number of nitrogens with two attached hydrogens (primary N) is 1. The summed E-state index contributed by atoms with van der Waals surface area (Å²) in [5.41, 5.74) is 5.67. The molecule has 0 aliphatic carbocycles. The molecule has 1 aliphatic heterocycles. The average Bonchev–Trinajstić information content (AvgIpc) is 2.87. The lowest BCUT2D eigenvalue weighted by molar-refractivity contribution is -0.385. The molecule has 2 rings (SSSR count). The first-order valence-electron chi connectivity index (χ1n) is 6.42. The third-order valence-electron chi connectivity index (χ3n) is 3.67. The summed E-state index contributed by atoms with van der Waals surface area (Å²) in [5.74, 6) is -0.465. The number of hydrogen-bond donors (Lipinski definition) is 2. The fourth-order valence-electron chi connectivity index (χ4n) is 2.39. The van der Waals surface area contributed by atoms with Gasteiger partial charge in [-0.15, -0.1) is 12.4 Å². The molecular formula is C13H18ClN3O4. The van der Waals surface area contributed by atoms with Crippen molar-refractivity contribution in [3.8, 4) is 5.75 Å². The molecule has 116 valence electrons. The molecule has 1 aromatic rings. The number of phenols is 1. The Morgan fingerprint density at radius 1 is 1.57 bits per heavy atom. The number of nitro groups is 1. The molecule has 1 aliphatic rings. The summed E-state index contributed by atoms with van der Waals surface area (Å²) in [6, 6.07) is 3.67. The van der Waals surface area contributed by atoms with Crippen molar-refractivity contribution >= 4 is 24.0 Å². The SMILES string of the molecule is CC(N)C1CCN(C(=O)c2ccc([N+](=O)[O-])c(O)c2)C1.Cl. The maximum absolute atomic E-state index is 12.3. The predicted molar refractivity (Wildman–Crippen MR) is 79.7 cm³/mol. The van der Waals surface area contributed by atoms with Crippen molar-refractivity contribution in [2.75, 3.05) is 13.1 Å². The van der Waals surface area contributed by atoms with E-state index in [4.69, 9.17) is 5.73 Å². The van der Waals surface area contributed by atoms with Crippen molar-refractivity contribution in [1.82, 2.24) is 4.90 Å². The van der Waals surface area contributed by atoms with Gasteiger partial charge in [0.2, 0.25) is 0 Å². The monoisotopic (exact) mass is 315 g/mol. The highest BCUT2D eigenvalue weighted by Gasteiger charge is 2.29. The Morgan fingerprint density at radius 3 is 2.71 bits per heavy atom. The highest BCUT2D eigenvalue weighted by atomic mass is 35.5. The maximum Gasteiger partial charge on any atom is 0.310 e. The van der Waals surface area contributed by atoms with Crippen LogP contribution in [0.1, 0.15) is 23.7 Å². The third kappa shape index (κ3) is 3.62. The van der Waals surface area contributed by atoms with E-state index in [9.17, 15) is 20.0 Å². The second kappa shape index (κ2) is 6.73. The second-order valence-corrected chi connectivity index (χ2v) is 5.12. The van der Waals surface area contributed by atoms with E-state index >= 15 is 0 Å². The van der Waals surface area contributed by atoms with E-state index in [1.54, 1.807) is 4.90 Å². The lowest BCUT2D eigenvalue weighted by Crippen LogP contribution is -2.32. The number of benzene rings is 1. The van der Waals surface area contributed by atoms with Gasteiger partial charge in [0.15, 0.2) is 5.75 Å². The minimum Gasteiger partial charge on any atom is -0.502 e. The molecule has 1 fully saturated rings. The van der Waals surface area contributed by atoms with Crippen LogP contribution < -0.4 is 5.73 Å². The summed E-state index contributed by atoms with van der Waals surface area (Å²) < 4.78 is 0. The lowest BCUT2D eigenvalue weighted by atomic mass is 10.0. The molecule has 1 saturated heterocycles. The molecule has 7 nitrogen and oxygen atoms in total. The van der Waals surface area contributed by atoms with Gasteiger partial charge in [-0.25, -0.2) is 0 Å². The molecule has 1 amide bonds. The van der Waals surface area contributed by atoms with Crippen molar-refractivity contribution < 1.29 is 14.8 Å². The molecule has 0 radical (unpaired) electrons. The maximum atomic E-state index is 12.3. The highest BCUT2D eigenvalue weighted by molar-refractivity contribution is 5.95. The van der Waals surface area contributed by atoms with Gasteiger partial charge in [0.1, 0.15) is 0 Å². The molecule has 3 N–H and O–H groups in total. The minimum atomic E-state index is -0.689. The van der Waals surface area contributed by atoms with Gasteiger partial charge in [-0.2, -0.15) is 0 Å². The quantitative estimate of drug-likeness (QED) is 0.649. The molecule has 2 atom stereocenters. The highest BCUT2D eigenvalue weighted by Crippen LogP contribution is 2.28. The van der Waals surface area contributed by atoms with Crippen LogP contribution in [0.4, 0.5) is 5.69 Å². The molecule has 2 unspecified atom stereocenters. The molecule has 0 bridgehead atoms. The van der Waals surface area contributed by atoms with E-state index in [0.29, 0.717) is 13.1 Å². The number of carbonyl (C=O) groups is 1. The van der Waals surface area contributed by atoms with Crippen LogP contribution in [0.15, 0.2) is 18.2 Å². The Balaban J connectivity index is 0.00000220. The van der Waals surface area contributed by atoms with Gasteiger partial charge in [0, 0.05) is 30.8 Å². The van der Waals surface area contributed by atoms with Crippen molar-refractivity contribution in [3.05, 3.63) is 33.9 Å². The van der Waals surface area contributed by atoms with Crippen LogP contribution in [-0.4, -0.2) is 40.0 Å². The van der Waals surface area contributed by atoms with Crippen LogP contribution in [0.3, 0.4) is 0 Å². The first kappa shape index (κ1) is 17.2. The smallest absolute Gasteiger partial charge is 0.310 e. The van der Waals surface area contributed by atoms with E-state index in [1.807, 2.05) is 6.92 Å². The van der Waals surface area contributed by atoms with Gasteiger partial charge < -0.3 is 15.7 Å². The van der Waals surface area contributed by atoms with E-state index in [2.05, 4.69) is 0 Å². The standard InChI is InChI=1S/C13H17N3O4.ClH/c1-8(14)10-4-5-15(7-10)13(18)9-2-3-11(16(19)20)12(17)6-9;/h2-3,6,8,10,17H,4-5,7,14H2,1H3;1H. The Kier molecular flexibility index (Phi) is 5.51. The molecule has 0 aromatic heterocycles. The summed E-state index contributed by atoms with van der Waals surface area (Å²) in [5, 5.41) is 20.2. The van der Waals surface area contributed by atoms with Crippen LogP contribution in [0.25, 0.3) is 0 Å². The number of halogens is 1. The zero-order chi connectivity index (χ0) is 14.9. The molecule has 8 heteroatoms. The van der Waals surface area contributed by atoms with E-state index in [-0.39, 0.29) is 35.8 Å². The number of aromatic hydroxyl groups is 1. The largest absolute Gasteiger partial charge is 0.502 e. The van der Waals surface area contributed by atoms with Crippen LogP contribution in [-0.2, 0) is 0 Å². The molecule has 1 aromatic carbocycles. The number of likely N-dealkylation sites (tertiary alicyclic amines) is 1. The van der Waals surface area contributed by atoms with Crippen LogP contribution in [0, 0.1) is 16.0 Å². The molecule has 0 saturated carbocycles. The molecule has 0 spiro atoms. The summed E-state index contributed by atoms with van der Waals surface area (Å²) in [7, 11) is 0. The summed E-state index contributed by atoms with van der Waals surface area (Å²) >= 11 is 0. The van der Waals surface area contributed by atoms with E-state index < -0.39 is 16.4 Å². The summed E-state index contributed by atoms with van der Waals surface area (Å²) in [6.45, 7) is 3.10. The number of amides is 1.